The van der Waals surface area contributed by atoms with E-state index in [-0.39, 0.29) is 26.5 Å². The maximum atomic E-state index is 12.9. The second-order valence-electron chi connectivity index (χ2n) is 5.69. The van der Waals surface area contributed by atoms with Crippen molar-refractivity contribution in [3.05, 3.63) is 61.7 Å². The van der Waals surface area contributed by atoms with Gasteiger partial charge in [0.05, 0.1) is 18.5 Å². The van der Waals surface area contributed by atoms with Crippen LogP contribution in [0.15, 0.2) is 41.1 Å². The number of halogens is 4. The van der Waals surface area contributed by atoms with Crippen molar-refractivity contribution in [1.82, 2.24) is 0 Å². The Morgan fingerprint density at radius 1 is 0.926 bits per heavy atom. The van der Waals surface area contributed by atoms with Gasteiger partial charge in [-0.05, 0) is 36.8 Å². The van der Waals surface area contributed by atoms with E-state index in [0.29, 0.717) is 16.5 Å². The van der Waals surface area contributed by atoms with E-state index in [4.69, 9.17) is 51.1 Å². The summed E-state index contributed by atoms with van der Waals surface area (Å²) in [5.41, 5.74) is 1.33. The molecule has 3 rings (SSSR count). The summed E-state index contributed by atoms with van der Waals surface area (Å²) in [6, 6.07) is 7.68. The molecule has 2 amide bonds. The number of nitrogens with zero attached hydrogens (tertiary/aromatic N) is 1. The highest BCUT2D eigenvalue weighted by Crippen LogP contribution is 2.36. The Kier molecular flexibility index (Phi) is 5.58. The number of hydrogen-bond donors (Lipinski definition) is 1. The van der Waals surface area contributed by atoms with Crippen molar-refractivity contribution < 1.29 is 14.3 Å². The molecule has 1 heterocycles. The van der Waals surface area contributed by atoms with Gasteiger partial charge in [-0.1, -0.05) is 46.4 Å². The number of benzene rings is 2. The first kappa shape index (κ1) is 19.8. The number of nitrogens with one attached hydrogen (secondary N) is 1. The molecule has 0 bridgehead atoms. The predicted molar refractivity (Wildman–Crippen MR) is 108 cm³/mol. The molecule has 0 aliphatic carbocycles. The second kappa shape index (κ2) is 7.60. The molecule has 27 heavy (non-hydrogen) atoms. The van der Waals surface area contributed by atoms with Crippen molar-refractivity contribution in [2.45, 2.75) is 6.92 Å². The molecule has 9 heteroatoms. The van der Waals surface area contributed by atoms with E-state index in [1.807, 2.05) is 0 Å². The molecule has 0 radical (unpaired) electrons. The van der Waals surface area contributed by atoms with Crippen LogP contribution in [0.5, 0.6) is 5.75 Å². The first-order chi connectivity index (χ1) is 12.7. The predicted octanol–water partition coefficient (Wildman–Crippen LogP) is 5.40. The van der Waals surface area contributed by atoms with Crippen molar-refractivity contribution in [1.29, 1.82) is 0 Å². The van der Waals surface area contributed by atoms with Gasteiger partial charge in [-0.3, -0.25) is 9.59 Å². The lowest BCUT2D eigenvalue weighted by molar-refractivity contribution is -0.120. The minimum Gasteiger partial charge on any atom is -0.495 e. The zero-order valence-corrected chi connectivity index (χ0v) is 17.1. The van der Waals surface area contributed by atoms with Gasteiger partial charge in [0.2, 0.25) is 0 Å². The van der Waals surface area contributed by atoms with E-state index in [9.17, 15) is 9.59 Å². The normalized spacial score (nSPS) is 14.2. The largest absolute Gasteiger partial charge is 0.495 e. The third kappa shape index (κ3) is 3.73. The molecule has 5 nitrogen and oxygen atoms in total. The van der Waals surface area contributed by atoms with Crippen LogP contribution in [0, 0.1) is 6.92 Å². The van der Waals surface area contributed by atoms with Crippen molar-refractivity contribution >= 4 is 69.6 Å². The summed E-state index contributed by atoms with van der Waals surface area (Å²) >= 11 is 24.2. The second-order valence-corrected chi connectivity index (χ2v) is 7.35. The number of carbonyl (C=O) groups excluding carboxylic acids is 2. The molecule has 1 N–H and O–H groups in total. The number of rotatable bonds is 4. The SMILES string of the molecule is COc1cc(Cl)c(C)cc1NC1=C(Cl)C(=O)N(c2cc(Cl)cc(Cl)c2)C1=O. The van der Waals surface area contributed by atoms with Gasteiger partial charge in [-0.15, -0.1) is 0 Å². The number of imide groups is 1. The average molecular weight is 446 g/mol. The van der Waals surface area contributed by atoms with Gasteiger partial charge in [-0.25, -0.2) is 4.90 Å². The van der Waals surface area contributed by atoms with Crippen molar-refractivity contribution in [2.75, 3.05) is 17.3 Å². The molecule has 0 spiro atoms. The third-order valence-electron chi connectivity index (χ3n) is 3.87. The first-order valence-corrected chi connectivity index (χ1v) is 9.10. The molecule has 0 fully saturated rings. The maximum Gasteiger partial charge on any atom is 0.283 e. The fourth-order valence-electron chi connectivity index (χ4n) is 2.58. The van der Waals surface area contributed by atoms with Gasteiger partial charge in [0.25, 0.3) is 11.8 Å². The fraction of sp³-hybridized carbons (Fsp3) is 0.111. The molecule has 0 aromatic heterocycles. The van der Waals surface area contributed by atoms with Crippen LogP contribution in [0.3, 0.4) is 0 Å². The molecular weight excluding hydrogens is 434 g/mol. The maximum absolute atomic E-state index is 12.9. The summed E-state index contributed by atoms with van der Waals surface area (Å²) < 4.78 is 5.27. The lowest BCUT2D eigenvalue weighted by atomic mass is 10.2. The van der Waals surface area contributed by atoms with Crippen LogP contribution >= 0.6 is 46.4 Å². The van der Waals surface area contributed by atoms with Gasteiger partial charge in [-0.2, -0.15) is 0 Å². The molecule has 1 aliphatic heterocycles. The molecule has 0 saturated carbocycles. The monoisotopic (exact) mass is 444 g/mol. The topological polar surface area (TPSA) is 58.6 Å². The molecule has 0 saturated heterocycles. The standard InChI is InChI=1S/C18H12Cl4N2O3/c1-8-3-13(14(27-2)7-12(8)21)23-16-15(22)17(25)24(18(16)26)11-5-9(19)4-10(20)6-11/h3-7,23H,1-2H3. The number of carbonyl (C=O) groups is 2. The Labute approximate surface area is 175 Å². The van der Waals surface area contributed by atoms with E-state index in [0.717, 1.165) is 10.5 Å². The molecule has 1 aliphatic rings. The van der Waals surface area contributed by atoms with Crippen LogP contribution in [0.4, 0.5) is 11.4 Å². The fourth-order valence-corrected chi connectivity index (χ4v) is 3.46. The molecular formula is C18H12Cl4N2O3. The highest BCUT2D eigenvalue weighted by Gasteiger charge is 2.39. The lowest BCUT2D eigenvalue weighted by Gasteiger charge is -2.17. The number of hydrogen-bond acceptors (Lipinski definition) is 4. The van der Waals surface area contributed by atoms with Gasteiger partial charge in [0.1, 0.15) is 16.5 Å². The molecule has 2 aromatic carbocycles. The van der Waals surface area contributed by atoms with Crippen LogP contribution in [-0.4, -0.2) is 18.9 Å². The van der Waals surface area contributed by atoms with E-state index in [1.54, 1.807) is 19.1 Å². The van der Waals surface area contributed by atoms with Crippen LogP contribution in [0.1, 0.15) is 5.56 Å². The zero-order chi connectivity index (χ0) is 19.9. The van der Waals surface area contributed by atoms with Crippen molar-refractivity contribution in [3.63, 3.8) is 0 Å². The van der Waals surface area contributed by atoms with Crippen molar-refractivity contribution in [3.8, 4) is 5.75 Å². The Bertz CT molecular complexity index is 984. The third-order valence-corrected chi connectivity index (χ3v) is 5.07. The van der Waals surface area contributed by atoms with Crippen LogP contribution in [0.25, 0.3) is 0 Å². The summed E-state index contributed by atoms with van der Waals surface area (Å²) in [4.78, 5) is 26.3. The first-order valence-electron chi connectivity index (χ1n) is 7.58. The average Bonchev–Trinajstić information content (AvgIpc) is 2.80. The van der Waals surface area contributed by atoms with Crippen LogP contribution < -0.4 is 15.0 Å². The minimum atomic E-state index is -0.688. The molecule has 0 unspecified atom stereocenters. The number of aryl methyl sites for hydroxylation is 1. The van der Waals surface area contributed by atoms with E-state index >= 15 is 0 Å². The van der Waals surface area contributed by atoms with Crippen molar-refractivity contribution in [2.24, 2.45) is 0 Å². The van der Waals surface area contributed by atoms with Crippen LogP contribution in [0.2, 0.25) is 15.1 Å². The van der Waals surface area contributed by atoms with Crippen LogP contribution in [-0.2, 0) is 9.59 Å². The Morgan fingerprint density at radius 3 is 2.15 bits per heavy atom. The minimum absolute atomic E-state index is 0.0854. The summed E-state index contributed by atoms with van der Waals surface area (Å²) in [5, 5.41) is 3.68. The molecule has 2 aromatic rings. The summed E-state index contributed by atoms with van der Waals surface area (Å²) in [5.74, 6) is -0.933. The number of anilines is 2. The Morgan fingerprint density at radius 2 is 1.56 bits per heavy atom. The summed E-state index contributed by atoms with van der Waals surface area (Å²) in [6.07, 6.45) is 0. The smallest absolute Gasteiger partial charge is 0.283 e. The van der Waals surface area contributed by atoms with E-state index in [2.05, 4.69) is 5.32 Å². The zero-order valence-electron chi connectivity index (χ0n) is 14.1. The van der Waals surface area contributed by atoms with E-state index in [1.165, 1.54) is 25.3 Å². The number of methoxy groups -OCH3 is 1. The van der Waals surface area contributed by atoms with Gasteiger partial charge >= 0.3 is 0 Å². The molecule has 0 atom stereocenters. The highest BCUT2D eigenvalue weighted by molar-refractivity contribution is 6.53. The van der Waals surface area contributed by atoms with Gasteiger partial charge < -0.3 is 10.1 Å². The van der Waals surface area contributed by atoms with Gasteiger partial charge in [0.15, 0.2) is 0 Å². The highest BCUT2D eigenvalue weighted by atomic mass is 35.5. The van der Waals surface area contributed by atoms with E-state index < -0.39 is 11.8 Å². The number of amides is 2. The Hall–Kier alpha value is -1.92. The summed E-state index contributed by atoms with van der Waals surface area (Å²) in [7, 11) is 1.46. The Balaban J connectivity index is 1.99. The molecule has 140 valence electrons. The number of ether oxygens (including phenoxy) is 1. The van der Waals surface area contributed by atoms with Gasteiger partial charge in [0, 0.05) is 21.1 Å². The lowest BCUT2D eigenvalue weighted by Crippen LogP contribution is -2.32. The quantitative estimate of drug-likeness (QED) is 0.640. The summed E-state index contributed by atoms with van der Waals surface area (Å²) in [6.45, 7) is 1.80.